The van der Waals surface area contributed by atoms with Gasteiger partial charge in [0.15, 0.2) is 0 Å². The molecule has 0 saturated carbocycles. The molecule has 0 aliphatic heterocycles. The van der Waals surface area contributed by atoms with E-state index in [1.54, 1.807) is 0 Å². The van der Waals surface area contributed by atoms with E-state index in [0.717, 1.165) is 0 Å². The molecule has 1 heterocycles. The second kappa shape index (κ2) is 5.04. The van der Waals surface area contributed by atoms with Crippen LogP contribution in [0.1, 0.15) is 6.92 Å². The van der Waals surface area contributed by atoms with E-state index >= 15 is 0 Å². The normalized spacial score (nSPS) is 12.6. The van der Waals surface area contributed by atoms with Crippen LogP contribution in [0.25, 0.3) is 0 Å². The number of halogens is 2. The molecular weight excluding hydrogens is 290 g/mol. The van der Waals surface area contributed by atoms with Gasteiger partial charge in [0.25, 0.3) is 0 Å². The van der Waals surface area contributed by atoms with E-state index in [2.05, 4.69) is 31.2 Å². The highest BCUT2D eigenvalue weighted by Gasteiger charge is 2.11. The third-order valence-electron chi connectivity index (χ3n) is 1.39. The Balaban J connectivity index is 3.20. The van der Waals surface area contributed by atoms with E-state index < -0.39 is 10.8 Å². The van der Waals surface area contributed by atoms with E-state index in [4.69, 9.17) is 11.6 Å². The van der Waals surface area contributed by atoms with Crippen LogP contribution >= 0.6 is 27.5 Å². The molecule has 0 fully saturated rings. The van der Waals surface area contributed by atoms with Crippen molar-refractivity contribution in [1.82, 2.24) is 9.97 Å². The number of hydrogen-bond donors (Lipinski definition) is 1. The molecule has 0 saturated heterocycles. The first-order chi connectivity index (χ1) is 6.56. The van der Waals surface area contributed by atoms with Gasteiger partial charge in [0.05, 0.1) is 15.3 Å². The molecule has 0 aromatic carbocycles. The number of rotatable bonds is 3. The summed E-state index contributed by atoms with van der Waals surface area (Å²) < 4.78 is 11.7. The van der Waals surface area contributed by atoms with Gasteiger partial charge >= 0.3 is 0 Å². The molecule has 0 aliphatic carbocycles. The van der Waals surface area contributed by atoms with Gasteiger partial charge < -0.3 is 5.32 Å². The largest absolute Gasteiger partial charge is 0.369 e. The predicted octanol–water partition coefficient (Wildman–Crippen LogP) is 2.06. The van der Waals surface area contributed by atoms with Crippen molar-refractivity contribution in [1.29, 1.82) is 0 Å². The zero-order chi connectivity index (χ0) is 10.7. The van der Waals surface area contributed by atoms with Gasteiger partial charge in [-0.1, -0.05) is 11.6 Å². The van der Waals surface area contributed by atoms with Gasteiger partial charge in [-0.25, -0.2) is 9.97 Å². The van der Waals surface area contributed by atoms with Crippen molar-refractivity contribution in [3.8, 4) is 0 Å². The maximum absolute atomic E-state index is 11.1. The molecule has 1 aromatic heterocycles. The van der Waals surface area contributed by atoms with Crippen LogP contribution in [0, 0.1) is 0 Å². The average molecular weight is 299 g/mol. The van der Waals surface area contributed by atoms with Crippen molar-refractivity contribution < 1.29 is 4.21 Å². The number of nitrogens with one attached hydrogen (secondary N) is 1. The molecule has 0 radical (unpaired) electrons. The molecule has 78 valence electrons. The van der Waals surface area contributed by atoms with Gasteiger partial charge in [-0.3, -0.25) is 4.21 Å². The highest BCUT2D eigenvalue weighted by Crippen LogP contribution is 2.27. The quantitative estimate of drug-likeness (QED) is 0.685. The van der Waals surface area contributed by atoms with Crippen molar-refractivity contribution in [2.45, 2.75) is 12.1 Å². The van der Waals surface area contributed by atoms with E-state index in [1.165, 1.54) is 6.26 Å². The molecule has 1 aromatic rings. The molecule has 0 aliphatic rings. The third kappa shape index (κ3) is 2.65. The molecule has 1 atom stereocenters. The van der Waals surface area contributed by atoms with Gasteiger partial charge in [-0.15, -0.1) is 0 Å². The van der Waals surface area contributed by atoms with Gasteiger partial charge in [0.2, 0.25) is 5.16 Å². The Morgan fingerprint density at radius 3 is 2.71 bits per heavy atom. The number of anilines is 1. The molecule has 4 nitrogen and oxygen atoms in total. The lowest BCUT2D eigenvalue weighted by Crippen LogP contribution is -2.05. The Kier molecular flexibility index (Phi) is 4.28. The topological polar surface area (TPSA) is 54.9 Å². The van der Waals surface area contributed by atoms with Crippen LogP contribution in [-0.2, 0) is 10.8 Å². The van der Waals surface area contributed by atoms with Crippen molar-refractivity contribution in [3.05, 3.63) is 9.63 Å². The summed E-state index contributed by atoms with van der Waals surface area (Å²) in [5.74, 6) is 0.567. The van der Waals surface area contributed by atoms with Crippen molar-refractivity contribution in [2.75, 3.05) is 18.1 Å². The second-order valence-electron chi connectivity index (χ2n) is 2.44. The molecule has 0 amide bonds. The minimum atomic E-state index is -1.23. The fourth-order valence-electron chi connectivity index (χ4n) is 0.814. The number of aromatic nitrogens is 2. The van der Waals surface area contributed by atoms with Crippen molar-refractivity contribution in [3.63, 3.8) is 0 Å². The Morgan fingerprint density at radius 1 is 1.57 bits per heavy atom. The molecular formula is C7H9BrClN3OS. The zero-order valence-corrected chi connectivity index (χ0v) is 10.8. The maximum Gasteiger partial charge on any atom is 0.221 e. The van der Waals surface area contributed by atoms with Gasteiger partial charge in [-0.2, -0.15) is 0 Å². The van der Waals surface area contributed by atoms with Crippen LogP contribution in [0.5, 0.6) is 0 Å². The summed E-state index contributed by atoms with van der Waals surface area (Å²) in [6.45, 7) is 2.65. The minimum absolute atomic E-state index is 0.231. The molecule has 7 heteroatoms. The van der Waals surface area contributed by atoms with E-state index in [-0.39, 0.29) is 10.3 Å². The Bertz CT molecular complexity index is 374. The first-order valence-corrected chi connectivity index (χ1v) is 6.59. The summed E-state index contributed by atoms with van der Waals surface area (Å²) >= 11 is 9.07. The first kappa shape index (κ1) is 11.9. The lowest BCUT2D eigenvalue weighted by molar-refractivity contribution is 0.679. The average Bonchev–Trinajstić information content (AvgIpc) is 2.12. The monoisotopic (exact) mass is 297 g/mol. The van der Waals surface area contributed by atoms with Crippen LogP contribution in [-0.4, -0.2) is 27.0 Å². The summed E-state index contributed by atoms with van der Waals surface area (Å²) in [5, 5.41) is 3.49. The summed E-state index contributed by atoms with van der Waals surface area (Å²) in [5.41, 5.74) is 0. The summed E-state index contributed by atoms with van der Waals surface area (Å²) in [7, 11) is -1.23. The van der Waals surface area contributed by atoms with Gasteiger partial charge in [0, 0.05) is 12.8 Å². The predicted molar refractivity (Wildman–Crippen MR) is 61.2 cm³/mol. The number of hydrogen-bond acceptors (Lipinski definition) is 4. The van der Waals surface area contributed by atoms with Crippen LogP contribution in [0.2, 0.25) is 5.15 Å². The van der Waals surface area contributed by atoms with Crippen LogP contribution in [0.4, 0.5) is 5.82 Å². The summed E-state index contributed by atoms with van der Waals surface area (Å²) in [4.78, 5) is 7.95. The first-order valence-electron chi connectivity index (χ1n) is 3.86. The second-order valence-corrected chi connectivity index (χ2v) is 4.87. The maximum atomic E-state index is 11.1. The smallest absolute Gasteiger partial charge is 0.221 e. The Hall–Kier alpha value is -0.200. The van der Waals surface area contributed by atoms with E-state index in [9.17, 15) is 4.21 Å². The SMILES string of the molecule is CCNc1nc(S(C)=O)nc(Cl)c1Br. The fraction of sp³-hybridized carbons (Fsp3) is 0.429. The van der Waals surface area contributed by atoms with Crippen LogP contribution in [0.3, 0.4) is 0 Å². The van der Waals surface area contributed by atoms with Gasteiger partial charge in [0.1, 0.15) is 11.0 Å². The van der Waals surface area contributed by atoms with Crippen molar-refractivity contribution >= 4 is 44.1 Å². The third-order valence-corrected chi connectivity index (χ3v) is 3.34. The van der Waals surface area contributed by atoms with Crippen molar-refractivity contribution in [2.24, 2.45) is 0 Å². The standard InChI is InChI=1S/C7H9BrClN3OS/c1-3-10-6-4(8)5(9)11-7(12-6)14(2)13/h3H2,1-2H3,(H,10,11,12). The van der Waals surface area contributed by atoms with Gasteiger partial charge in [-0.05, 0) is 22.9 Å². The molecule has 1 rings (SSSR count). The highest BCUT2D eigenvalue weighted by molar-refractivity contribution is 9.10. The highest BCUT2D eigenvalue weighted by atomic mass is 79.9. The lowest BCUT2D eigenvalue weighted by atomic mass is 10.5. The Morgan fingerprint density at radius 2 is 2.21 bits per heavy atom. The summed E-state index contributed by atoms with van der Waals surface area (Å²) in [6.07, 6.45) is 1.51. The molecule has 14 heavy (non-hydrogen) atoms. The van der Waals surface area contributed by atoms with Crippen LogP contribution < -0.4 is 5.32 Å². The van der Waals surface area contributed by atoms with E-state index in [1.807, 2.05) is 6.92 Å². The molecule has 0 spiro atoms. The minimum Gasteiger partial charge on any atom is -0.369 e. The molecule has 1 unspecified atom stereocenters. The van der Waals surface area contributed by atoms with E-state index in [0.29, 0.717) is 16.8 Å². The molecule has 1 N–H and O–H groups in total. The zero-order valence-electron chi connectivity index (χ0n) is 7.67. The van der Waals surface area contributed by atoms with Crippen LogP contribution in [0.15, 0.2) is 9.63 Å². The molecule has 0 bridgehead atoms. The number of nitrogens with zero attached hydrogens (tertiary/aromatic N) is 2. The lowest BCUT2D eigenvalue weighted by Gasteiger charge is -2.07. The Labute approximate surface area is 98.1 Å². The fourth-order valence-corrected chi connectivity index (χ4v) is 1.79. The summed E-state index contributed by atoms with van der Waals surface area (Å²) in [6, 6.07) is 0.